The molecule has 1 aliphatic heterocycles. The van der Waals surface area contributed by atoms with Crippen LogP contribution in [0, 0.1) is 17.2 Å². The van der Waals surface area contributed by atoms with Crippen LogP contribution in [-0.4, -0.2) is 42.6 Å². The van der Waals surface area contributed by atoms with E-state index >= 15 is 0 Å². The maximum Gasteiger partial charge on any atom is 0.257 e. The van der Waals surface area contributed by atoms with Gasteiger partial charge in [-0.25, -0.2) is 0 Å². The molecule has 5 nitrogen and oxygen atoms in total. The minimum Gasteiger partial charge on any atom is -0.378 e. The average Bonchev–Trinajstić information content (AvgIpc) is 2.72. The summed E-state index contributed by atoms with van der Waals surface area (Å²) in [6.07, 6.45) is 8.08. The number of amides is 1. The summed E-state index contributed by atoms with van der Waals surface area (Å²) in [5, 5.41) is 11.1. The Balaban J connectivity index is 2.03. The van der Waals surface area contributed by atoms with E-state index in [4.69, 9.17) is 10.1 Å². The van der Waals surface area contributed by atoms with Crippen LogP contribution >= 0.6 is 0 Å². The van der Waals surface area contributed by atoms with Gasteiger partial charge in [0.25, 0.3) is 5.91 Å². The van der Waals surface area contributed by atoms with Crippen LogP contribution in [0.4, 0.5) is 0 Å². The van der Waals surface area contributed by atoms with E-state index in [1.54, 1.807) is 7.05 Å². The molecular formula is C17H31N3O2. The van der Waals surface area contributed by atoms with Gasteiger partial charge in [-0.2, -0.15) is 0 Å². The van der Waals surface area contributed by atoms with Gasteiger partial charge in [0.15, 0.2) is 5.96 Å². The van der Waals surface area contributed by atoms with Crippen molar-refractivity contribution in [2.45, 2.75) is 64.3 Å². The first kappa shape index (κ1) is 17.3. The molecule has 0 bridgehead atoms. The summed E-state index contributed by atoms with van der Waals surface area (Å²) in [6.45, 7) is 5.36. The van der Waals surface area contributed by atoms with Crippen LogP contribution in [0.15, 0.2) is 0 Å². The Bertz CT molecular complexity index is 407. The smallest absolute Gasteiger partial charge is 0.257 e. The fraction of sp³-hybridized carbons (Fsp3) is 0.882. The van der Waals surface area contributed by atoms with Gasteiger partial charge in [-0.3, -0.25) is 15.1 Å². The van der Waals surface area contributed by atoms with E-state index in [0.717, 1.165) is 12.8 Å². The van der Waals surface area contributed by atoms with Gasteiger partial charge in [-0.05, 0) is 18.3 Å². The third-order valence-corrected chi connectivity index (χ3v) is 5.22. The maximum absolute atomic E-state index is 12.7. The van der Waals surface area contributed by atoms with Crippen molar-refractivity contribution in [3.63, 3.8) is 0 Å². The van der Waals surface area contributed by atoms with Crippen molar-refractivity contribution in [1.82, 2.24) is 10.2 Å². The van der Waals surface area contributed by atoms with Crippen LogP contribution < -0.4 is 5.32 Å². The van der Waals surface area contributed by atoms with Crippen molar-refractivity contribution < 1.29 is 9.53 Å². The number of hydrogen-bond acceptors (Lipinski definition) is 3. The Morgan fingerprint density at radius 3 is 2.64 bits per heavy atom. The zero-order valence-corrected chi connectivity index (χ0v) is 14.3. The number of nitrogens with one attached hydrogen (secondary N) is 2. The minimum atomic E-state index is -0.721. The van der Waals surface area contributed by atoms with E-state index in [2.05, 4.69) is 19.2 Å². The van der Waals surface area contributed by atoms with E-state index in [0.29, 0.717) is 25.0 Å². The van der Waals surface area contributed by atoms with Gasteiger partial charge in [-0.1, -0.05) is 52.4 Å². The molecule has 5 heteroatoms. The maximum atomic E-state index is 12.7. The number of carbonyl (C=O) groups is 1. The summed E-state index contributed by atoms with van der Waals surface area (Å²) in [4.78, 5) is 14.1. The lowest BCUT2D eigenvalue weighted by atomic mass is 9.79. The molecular weight excluding hydrogens is 278 g/mol. The van der Waals surface area contributed by atoms with Crippen molar-refractivity contribution in [2.24, 2.45) is 11.8 Å². The van der Waals surface area contributed by atoms with Crippen LogP contribution in [0.1, 0.15) is 58.8 Å². The van der Waals surface area contributed by atoms with E-state index in [-0.39, 0.29) is 11.9 Å². The van der Waals surface area contributed by atoms with E-state index in [1.807, 2.05) is 0 Å². The van der Waals surface area contributed by atoms with Gasteiger partial charge in [0, 0.05) is 13.7 Å². The summed E-state index contributed by atoms with van der Waals surface area (Å²) in [7, 11) is 1.68. The Morgan fingerprint density at radius 2 is 2.09 bits per heavy atom. The Kier molecular flexibility index (Phi) is 5.84. The molecule has 1 amide bonds. The van der Waals surface area contributed by atoms with E-state index in [1.165, 1.54) is 37.0 Å². The molecule has 0 aromatic carbocycles. The number of ether oxygens (including phenoxy) is 1. The number of hydrogen-bond donors (Lipinski definition) is 2. The predicted octanol–water partition coefficient (Wildman–Crippen LogP) is 2.75. The minimum absolute atomic E-state index is 0.00720. The lowest BCUT2D eigenvalue weighted by Gasteiger charge is -2.33. The molecule has 0 aromatic heterocycles. The Morgan fingerprint density at radius 1 is 1.41 bits per heavy atom. The first-order chi connectivity index (χ1) is 10.5. The number of guanidine groups is 1. The molecule has 0 radical (unpaired) electrons. The number of carbonyl (C=O) groups excluding carboxylic acids is 1. The van der Waals surface area contributed by atoms with Gasteiger partial charge in [-0.15, -0.1) is 0 Å². The predicted molar refractivity (Wildman–Crippen MR) is 87.8 cm³/mol. The summed E-state index contributed by atoms with van der Waals surface area (Å²) in [5.74, 6) is 1.26. The second kappa shape index (κ2) is 7.44. The van der Waals surface area contributed by atoms with Crippen molar-refractivity contribution in [3.8, 4) is 0 Å². The summed E-state index contributed by atoms with van der Waals surface area (Å²) in [6, 6.07) is 0. The number of likely N-dealkylation sites (N-methyl/N-ethyl adjacent to an activating group) is 1. The standard InChI is InChI=1S/C17H31N3O2/c1-4-13(2)11-22-12-17(10-14-8-6-5-7-9-14)15(21)20(3)16(18)19-17/h13-14H,4-12H2,1-3H3,(H2,18,19)/t13-,17?/m0/s1. The number of nitrogens with zero attached hydrogens (tertiary/aromatic N) is 1. The topological polar surface area (TPSA) is 65.4 Å². The third kappa shape index (κ3) is 3.80. The monoisotopic (exact) mass is 309 g/mol. The second-order valence-electron chi connectivity index (χ2n) is 7.16. The normalized spacial score (nSPS) is 28.0. The molecule has 2 aliphatic rings. The largest absolute Gasteiger partial charge is 0.378 e. The second-order valence-corrected chi connectivity index (χ2v) is 7.16. The summed E-state index contributed by atoms with van der Waals surface area (Å²) in [5.41, 5.74) is -0.721. The van der Waals surface area contributed by atoms with Crippen LogP contribution in [0.2, 0.25) is 0 Å². The van der Waals surface area contributed by atoms with Gasteiger partial charge in [0.1, 0.15) is 5.54 Å². The zero-order chi connectivity index (χ0) is 16.2. The molecule has 2 rings (SSSR count). The van der Waals surface area contributed by atoms with Crippen LogP contribution in [0.3, 0.4) is 0 Å². The highest BCUT2D eigenvalue weighted by Crippen LogP contribution is 2.33. The van der Waals surface area contributed by atoms with Gasteiger partial charge >= 0.3 is 0 Å². The fourth-order valence-electron chi connectivity index (χ4n) is 3.52. The van der Waals surface area contributed by atoms with Crippen molar-refractivity contribution >= 4 is 11.9 Å². The molecule has 2 atom stereocenters. The molecule has 2 fully saturated rings. The summed E-state index contributed by atoms with van der Waals surface area (Å²) >= 11 is 0. The first-order valence-corrected chi connectivity index (χ1v) is 8.71. The summed E-state index contributed by atoms with van der Waals surface area (Å²) < 4.78 is 5.88. The number of rotatable bonds is 7. The molecule has 1 saturated heterocycles. The molecule has 2 N–H and O–H groups in total. The molecule has 1 heterocycles. The quantitative estimate of drug-likeness (QED) is 0.760. The SMILES string of the molecule is CC[C@H](C)COCC1(CC2CCCCC2)NC(=N)N(C)C1=O. The van der Waals surface area contributed by atoms with Crippen LogP contribution in [-0.2, 0) is 9.53 Å². The Labute approximate surface area is 134 Å². The zero-order valence-electron chi connectivity index (χ0n) is 14.3. The highest BCUT2D eigenvalue weighted by atomic mass is 16.5. The average molecular weight is 309 g/mol. The fourth-order valence-corrected chi connectivity index (χ4v) is 3.52. The Hall–Kier alpha value is -1.10. The highest BCUT2D eigenvalue weighted by Gasteiger charge is 2.49. The first-order valence-electron chi connectivity index (χ1n) is 8.71. The van der Waals surface area contributed by atoms with Crippen LogP contribution in [0.25, 0.3) is 0 Å². The van der Waals surface area contributed by atoms with E-state index < -0.39 is 5.54 Å². The molecule has 22 heavy (non-hydrogen) atoms. The molecule has 0 aromatic rings. The highest BCUT2D eigenvalue weighted by molar-refractivity contribution is 6.07. The lowest BCUT2D eigenvalue weighted by Crippen LogP contribution is -2.52. The van der Waals surface area contributed by atoms with Gasteiger partial charge in [0.2, 0.25) is 0 Å². The molecule has 0 spiro atoms. The third-order valence-electron chi connectivity index (χ3n) is 5.22. The van der Waals surface area contributed by atoms with E-state index in [9.17, 15) is 4.79 Å². The van der Waals surface area contributed by atoms with Crippen molar-refractivity contribution in [2.75, 3.05) is 20.3 Å². The molecule has 1 saturated carbocycles. The lowest BCUT2D eigenvalue weighted by molar-refractivity contribution is -0.133. The van der Waals surface area contributed by atoms with Crippen molar-refractivity contribution in [3.05, 3.63) is 0 Å². The van der Waals surface area contributed by atoms with Gasteiger partial charge < -0.3 is 10.1 Å². The molecule has 126 valence electrons. The van der Waals surface area contributed by atoms with Crippen LogP contribution in [0.5, 0.6) is 0 Å². The molecule has 1 unspecified atom stereocenters. The van der Waals surface area contributed by atoms with Crippen molar-refractivity contribution in [1.29, 1.82) is 5.41 Å². The molecule has 1 aliphatic carbocycles. The van der Waals surface area contributed by atoms with Gasteiger partial charge in [0.05, 0.1) is 6.61 Å².